The Bertz CT molecular complexity index is 692. The van der Waals surface area contributed by atoms with Crippen LogP contribution < -0.4 is 5.56 Å². The first-order valence-electron chi connectivity index (χ1n) is 5.62. The monoisotopic (exact) mass is 264 g/mol. The molecule has 0 aromatic carbocycles. The molecule has 7 heteroatoms. The molecule has 2 heterocycles. The van der Waals surface area contributed by atoms with Gasteiger partial charge in [0.25, 0.3) is 5.56 Å². The van der Waals surface area contributed by atoms with Crippen molar-refractivity contribution in [2.75, 3.05) is 6.61 Å². The summed E-state index contributed by atoms with van der Waals surface area (Å²) in [6.45, 7) is 1.80. The summed E-state index contributed by atoms with van der Waals surface area (Å²) >= 11 is 0. The predicted molar refractivity (Wildman–Crippen MR) is 65.2 cm³/mol. The molecule has 2 N–H and O–H groups in total. The highest BCUT2D eigenvalue weighted by Crippen LogP contribution is 2.24. The maximum absolute atomic E-state index is 11.8. The van der Waals surface area contributed by atoms with Crippen molar-refractivity contribution in [1.82, 2.24) is 9.71 Å². The van der Waals surface area contributed by atoms with Gasteiger partial charge in [0.2, 0.25) is 0 Å². The van der Waals surface area contributed by atoms with E-state index in [0.717, 1.165) is 0 Å². The van der Waals surface area contributed by atoms with E-state index in [4.69, 9.17) is 4.74 Å². The Labute approximate surface area is 107 Å². The minimum Gasteiger partial charge on any atom is -0.507 e. The number of aromatic hydroxyl groups is 1. The van der Waals surface area contributed by atoms with Gasteiger partial charge in [-0.25, -0.2) is 4.98 Å². The quantitative estimate of drug-likeness (QED) is 0.616. The van der Waals surface area contributed by atoms with Crippen LogP contribution >= 0.6 is 0 Å². The van der Waals surface area contributed by atoms with E-state index >= 15 is 0 Å². The van der Waals surface area contributed by atoms with Crippen molar-refractivity contribution < 1.29 is 19.8 Å². The normalized spacial score (nSPS) is 10.6. The molecule has 0 bridgehead atoms. The number of hydrogen-bond acceptors (Lipinski definition) is 6. The number of esters is 1. The van der Waals surface area contributed by atoms with E-state index in [2.05, 4.69) is 4.98 Å². The molecule has 0 amide bonds. The van der Waals surface area contributed by atoms with Gasteiger partial charge in [-0.1, -0.05) is 0 Å². The lowest BCUT2D eigenvalue weighted by Gasteiger charge is -2.09. The molecule has 2 aromatic heterocycles. The second kappa shape index (κ2) is 4.97. The first-order valence-corrected chi connectivity index (χ1v) is 5.62. The van der Waals surface area contributed by atoms with Crippen LogP contribution in [0, 0.1) is 0 Å². The molecule has 2 aromatic rings. The van der Waals surface area contributed by atoms with Crippen LogP contribution in [0.3, 0.4) is 0 Å². The molecule has 0 unspecified atom stereocenters. The molecular formula is C12H12N2O5. The third kappa shape index (κ3) is 2.22. The fourth-order valence-electron chi connectivity index (χ4n) is 1.75. The van der Waals surface area contributed by atoms with Gasteiger partial charge in [-0.3, -0.25) is 9.59 Å². The third-order valence-electron chi connectivity index (χ3n) is 2.61. The van der Waals surface area contributed by atoms with E-state index in [9.17, 15) is 19.9 Å². The van der Waals surface area contributed by atoms with Crippen molar-refractivity contribution in [2.45, 2.75) is 13.3 Å². The Morgan fingerprint density at radius 3 is 2.95 bits per heavy atom. The summed E-state index contributed by atoms with van der Waals surface area (Å²) in [5.41, 5.74) is -1.18. The van der Waals surface area contributed by atoms with Gasteiger partial charge in [-0.05, 0) is 19.1 Å². The maximum Gasteiger partial charge on any atom is 0.310 e. The second-order valence-corrected chi connectivity index (χ2v) is 3.80. The number of fused-ring (bicyclic) bond motifs is 1. The SMILES string of the molecule is CCOC(=O)Cc1c(O)c2cccnc2n(O)c1=O. The molecule has 0 spiro atoms. The number of aromatic nitrogens is 2. The highest BCUT2D eigenvalue weighted by molar-refractivity contribution is 5.85. The van der Waals surface area contributed by atoms with Gasteiger partial charge in [0.1, 0.15) is 5.75 Å². The molecular weight excluding hydrogens is 252 g/mol. The first-order chi connectivity index (χ1) is 9.06. The Balaban J connectivity index is 2.62. The van der Waals surface area contributed by atoms with Crippen molar-refractivity contribution in [2.24, 2.45) is 0 Å². The number of carbonyl (C=O) groups is 1. The van der Waals surface area contributed by atoms with Crippen LogP contribution in [0.25, 0.3) is 11.0 Å². The molecule has 19 heavy (non-hydrogen) atoms. The Morgan fingerprint density at radius 2 is 2.26 bits per heavy atom. The van der Waals surface area contributed by atoms with Crippen molar-refractivity contribution >= 4 is 17.0 Å². The third-order valence-corrected chi connectivity index (χ3v) is 2.61. The molecule has 100 valence electrons. The van der Waals surface area contributed by atoms with Crippen LogP contribution in [0.2, 0.25) is 0 Å². The zero-order valence-electron chi connectivity index (χ0n) is 10.2. The second-order valence-electron chi connectivity index (χ2n) is 3.80. The van der Waals surface area contributed by atoms with Gasteiger partial charge >= 0.3 is 5.97 Å². The molecule has 0 aliphatic heterocycles. The Hall–Kier alpha value is -2.57. The first kappa shape index (κ1) is 12.9. The standard InChI is InChI=1S/C12H12N2O5/c1-2-19-9(15)6-8-10(16)7-4-3-5-13-11(7)14(18)12(8)17/h3-5,16,18H,2,6H2,1H3. The van der Waals surface area contributed by atoms with Gasteiger partial charge in [0, 0.05) is 6.20 Å². The molecule has 0 radical (unpaired) electrons. The molecule has 0 aliphatic carbocycles. The van der Waals surface area contributed by atoms with E-state index in [-0.39, 0.29) is 29.0 Å². The minimum absolute atomic E-state index is 0.0717. The summed E-state index contributed by atoms with van der Waals surface area (Å²) in [5, 5.41) is 19.9. The summed E-state index contributed by atoms with van der Waals surface area (Å²) in [7, 11) is 0. The zero-order chi connectivity index (χ0) is 14.0. The van der Waals surface area contributed by atoms with Crippen LogP contribution in [-0.4, -0.2) is 32.6 Å². The topological polar surface area (TPSA) is 102 Å². The fraction of sp³-hybridized carbons (Fsp3) is 0.250. The predicted octanol–water partition coefficient (Wildman–Crippen LogP) is 0.445. The van der Waals surface area contributed by atoms with E-state index < -0.39 is 17.9 Å². The van der Waals surface area contributed by atoms with E-state index in [0.29, 0.717) is 4.73 Å². The van der Waals surface area contributed by atoms with Crippen molar-refractivity contribution in [3.05, 3.63) is 34.2 Å². The molecule has 0 atom stereocenters. The van der Waals surface area contributed by atoms with Crippen molar-refractivity contribution in [3.63, 3.8) is 0 Å². The summed E-state index contributed by atoms with van der Waals surface area (Å²) < 4.78 is 5.02. The molecule has 7 nitrogen and oxygen atoms in total. The highest BCUT2D eigenvalue weighted by atomic mass is 16.5. The number of carbonyl (C=O) groups excluding carboxylic acids is 1. The molecule has 0 saturated heterocycles. The van der Waals surface area contributed by atoms with E-state index in [1.165, 1.54) is 12.3 Å². The molecule has 2 rings (SSSR count). The summed E-state index contributed by atoms with van der Waals surface area (Å²) in [5.74, 6) is -1.02. The largest absolute Gasteiger partial charge is 0.507 e. The van der Waals surface area contributed by atoms with Gasteiger partial charge in [0.15, 0.2) is 5.65 Å². The Kier molecular flexibility index (Phi) is 3.37. The van der Waals surface area contributed by atoms with E-state index in [1.54, 1.807) is 13.0 Å². The number of rotatable bonds is 3. The summed E-state index contributed by atoms with van der Waals surface area (Å²) in [6.07, 6.45) is 0.961. The van der Waals surface area contributed by atoms with Crippen LogP contribution in [0.1, 0.15) is 12.5 Å². The number of nitrogens with zero attached hydrogens (tertiary/aromatic N) is 2. The lowest BCUT2D eigenvalue weighted by Crippen LogP contribution is -2.25. The van der Waals surface area contributed by atoms with Gasteiger partial charge in [-0.15, -0.1) is 4.73 Å². The summed E-state index contributed by atoms with van der Waals surface area (Å²) in [6, 6.07) is 3.03. The Morgan fingerprint density at radius 1 is 1.53 bits per heavy atom. The van der Waals surface area contributed by atoms with Gasteiger partial charge in [-0.2, -0.15) is 0 Å². The van der Waals surface area contributed by atoms with Gasteiger partial charge < -0.3 is 15.1 Å². The van der Waals surface area contributed by atoms with Crippen LogP contribution in [0.15, 0.2) is 23.1 Å². The molecule has 0 aliphatic rings. The minimum atomic E-state index is -0.892. The number of ether oxygens (including phenoxy) is 1. The van der Waals surface area contributed by atoms with E-state index in [1.807, 2.05) is 0 Å². The lowest BCUT2D eigenvalue weighted by molar-refractivity contribution is -0.142. The molecule has 0 fully saturated rings. The number of pyridine rings is 2. The van der Waals surface area contributed by atoms with Crippen LogP contribution in [0.5, 0.6) is 5.75 Å². The average Bonchev–Trinajstić information content (AvgIpc) is 2.41. The van der Waals surface area contributed by atoms with Crippen molar-refractivity contribution in [3.8, 4) is 5.75 Å². The molecule has 0 saturated carbocycles. The van der Waals surface area contributed by atoms with Gasteiger partial charge in [0.05, 0.1) is 24.0 Å². The van der Waals surface area contributed by atoms with Crippen LogP contribution in [-0.2, 0) is 16.0 Å². The smallest absolute Gasteiger partial charge is 0.310 e. The zero-order valence-corrected chi connectivity index (χ0v) is 10.2. The summed E-state index contributed by atoms with van der Waals surface area (Å²) in [4.78, 5) is 27.0. The average molecular weight is 264 g/mol. The van der Waals surface area contributed by atoms with Crippen LogP contribution in [0.4, 0.5) is 0 Å². The van der Waals surface area contributed by atoms with Crippen molar-refractivity contribution in [1.29, 1.82) is 0 Å². The number of hydrogen-bond donors (Lipinski definition) is 2. The lowest BCUT2D eigenvalue weighted by atomic mass is 10.1. The highest BCUT2D eigenvalue weighted by Gasteiger charge is 2.19. The fourth-order valence-corrected chi connectivity index (χ4v) is 1.75. The maximum atomic E-state index is 11.8.